The summed E-state index contributed by atoms with van der Waals surface area (Å²) in [5.41, 5.74) is 1.12. The number of nitro groups is 1. The number of non-ortho nitro benzene ring substituents is 1. The molecule has 3 aromatic rings. The molecule has 1 amide bonds. The van der Waals surface area contributed by atoms with Gasteiger partial charge in [0.1, 0.15) is 5.82 Å². The number of aromatic nitrogens is 2. The largest absolute Gasteiger partial charge is 0.411 e. The molecule has 0 saturated carbocycles. The number of rotatable bonds is 7. The maximum absolute atomic E-state index is 12.8. The van der Waals surface area contributed by atoms with E-state index in [0.717, 1.165) is 17.3 Å². The Morgan fingerprint density at radius 3 is 2.74 bits per heavy atom. The Morgan fingerprint density at radius 1 is 1.22 bits per heavy atom. The maximum atomic E-state index is 12.8. The van der Waals surface area contributed by atoms with Gasteiger partial charge in [0, 0.05) is 24.2 Å². The highest BCUT2D eigenvalue weighted by Crippen LogP contribution is 2.25. The molecule has 2 aromatic carbocycles. The van der Waals surface area contributed by atoms with Gasteiger partial charge in [0.2, 0.25) is 11.8 Å². The van der Waals surface area contributed by atoms with Gasteiger partial charge in [0.15, 0.2) is 0 Å². The predicted octanol–water partition coefficient (Wildman–Crippen LogP) is 3.19. The van der Waals surface area contributed by atoms with Crippen molar-refractivity contribution >= 4 is 23.4 Å². The summed E-state index contributed by atoms with van der Waals surface area (Å²) >= 11 is 1.05. The molecule has 0 aliphatic heterocycles. The minimum atomic E-state index is -0.513. The average molecular weight is 388 g/mol. The van der Waals surface area contributed by atoms with E-state index in [2.05, 4.69) is 15.5 Å². The fourth-order valence-electron chi connectivity index (χ4n) is 2.12. The molecule has 10 heteroatoms. The summed E-state index contributed by atoms with van der Waals surface area (Å²) in [5, 5.41) is 21.4. The Labute approximate surface area is 156 Å². The van der Waals surface area contributed by atoms with Crippen molar-refractivity contribution in [3.05, 3.63) is 70.0 Å². The third kappa shape index (κ3) is 5.11. The molecule has 0 aliphatic rings. The quantitative estimate of drug-likeness (QED) is 0.376. The first-order valence-electron chi connectivity index (χ1n) is 7.73. The second-order valence-electron chi connectivity index (χ2n) is 5.37. The van der Waals surface area contributed by atoms with Crippen LogP contribution in [0.4, 0.5) is 10.1 Å². The number of hydrogen-bond acceptors (Lipinski definition) is 7. The third-order valence-corrected chi connectivity index (χ3v) is 4.26. The lowest BCUT2D eigenvalue weighted by atomic mass is 10.2. The first kappa shape index (κ1) is 18.5. The third-order valence-electron chi connectivity index (χ3n) is 3.44. The van der Waals surface area contributed by atoms with Gasteiger partial charge in [-0.1, -0.05) is 30.0 Å². The van der Waals surface area contributed by atoms with Crippen molar-refractivity contribution in [1.82, 2.24) is 15.5 Å². The average Bonchev–Trinajstić information content (AvgIpc) is 3.15. The Hall–Kier alpha value is -3.27. The molecule has 0 unspecified atom stereocenters. The minimum absolute atomic E-state index is 0.0533. The van der Waals surface area contributed by atoms with Gasteiger partial charge >= 0.3 is 0 Å². The summed E-state index contributed by atoms with van der Waals surface area (Å²) in [6.07, 6.45) is 0. The van der Waals surface area contributed by atoms with Crippen LogP contribution in [0.3, 0.4) is 0 Å². The van der Waals surface area contributed by atoms with Crippen molar-refractivity contribution in [2.24, 2.45) is 0 Å². The van der Waals surface area contributed by atoms with Crippen LogP contribution in [0.1, 0.15) is 5.56 Å². The normalized spacial score (nSPS) is 10.6. The van der Waals surface area contributed by atoms with Crippen molar-refractivity contribution in [3.63, 3.8) is 0 Å². The van der Waals surface area contributed by atoms with Gasteiger partial charge in [-0.05, 0) is 23.8 Å². The van der Waals surface area contributed by atoms with Crippen LogP contribution in [0.15, 0.2) is 58.2 Å². The number of nitrogens with zero attached hydrogens (tertiary/aromatic N) is 3. The van der Waals surface area contributed by atoms with Crippen molar-refractivity contribution in [2.75, 3.05) is 5.75 Å². The number of thioether (sulfide) groups is 1. The fraction of sp³-hybridized carbons (Fsp3) is 0.118. The number of benzene rings is 2. The lowest BCUT2D eigenvalue weighted by Crippen LogP contribution is -2.24. The molecular formula is C17H13FN4O4S. The minimum Gasteiger partial charge on any atom is -0.411 e. The van der Waals surface area contributed by atoms with Gasteiger partial charge in [0.25, 0.3) is 10.9 Å². The smallest absolute Gasteiger partial charge is 0.277 e. The van der Waals surface area contributed by atoms with Crippen molar-refractivity contribution in [3.8, 4) is 11.5 Å². The first-order chi connectivity index (χ1) is 13.0. The van der Waals surface area contributed by atoms with Crippen LogP contribution in [0.25, 0.3) is 11.5 Å². The second kappa shape index (κ2) is 8.41. The number of carbonyl (C=O) groups excluding carboxylic acids is 1. The van der Waals surface area contributed by atoms with E-state index in [-0.39, 0.29) is 40.8 Å². The zero-order valence-electron chi connectivity index (χ0n) is 13.8. The van der Waals surface area contributed by atoms with Crippen LogP contribution in [-0.4, -0.2) is 26.8 Å². The number of halogens is 1. The van der Waals surface area contributed by atoms with Crippen LogP contribution >= 0.6 is 11.8 Å². The van der Waals surface area contributed by atoms with E-state index in [1.807, 2.05) is 0 Å². The highest BCUT2D eigenvalue weighted by Gasteiger charge is 2.14. The molecule has 27 heavy (non-hydrogen) atoms. The Bertz CT molecular complexity index is 962. The van der Waals surface area contributed by atoms with Crippen molar-refractivity contribution in [1.29, 1.82) is 0 Å². The van der Waals surface area contributed by atoms with E-state index in [1.54, 1.807) is 18.2 Å². The molecule has 0 fully saturated rings. The van der Waals surface area contributed by atoms with Crippen molar-refractivity contribution < 1.29 is 18.5 Å². The molecule has 0 atom stereocenters. The SMILES string of the molecule is O=C(CSc1nnc(-c2cccc([N+](=O)[O-])c2)o1)NCc1ccc(F)cc1. The highest BCUT2D eigenvalue weighted by molar-refractivity contribution is 7.99. The zero-order chi connectivity index (χ0) is 19.2. The van der Waals surface area contributed by atoms with E-state index in [0.29, 0.717) is 5.56 Å². The van der Waals surface area contributed by atoms with Crippen LogP contribution in [0, 0.1) is 15.9 Å². The standard InChI is InChI=1S/C17H13FN4O4S/c18-13-6-4-11(5-7-13)9-19-15(23)10-27-17-21-20-16(26-17)12-2-1-3-14(8-12)22(24)25/h1-8H,9-10H2,(H,19,23). The van der Waals surface area contributed by atoms with E-state index >= 15 is 0 Å². The molecule has 138 valence electrons. The number of amides is 1. The molecule has 0 spiro atoms. The van der Waals surface area contributed by atoms with Crippen LogP contribution in [0.5, 0.6) is 0 Å². The van der Waals surface area contributed by atoms with Crippen LogP contribution < -0.4 is 5.32 Å². The maximum Gasteiger partial charge on any atom is 0.277 e. The lowest BCUT2D eigenvalue weighted by molar-refractivity contribution is -0.384. The number of nitro benzene ring substituents is 1. The number of hydrogen-bond donors (Lipinski definition) is 1. The zero-order valence-corrected chi connectivity index (χ0v) is 14.6. The Balaban J connectivity index is 1.53. The summed E-state index contributed by atoms with van der Waals surface area (Å²) < 4.78 is 18.3. The molecule has 0 bridgehead atoms. The summed E-state index contributed by atoms with van der Waals surface area (Å²) in [4.78, 5) is 22.2. The first-order valence-corrected chi connectivity index (χ1v) is 8.72. The van der Waals surface area contributed by atoms with E-state index < -0.39 is 4.92 Å². The molecule has 1 heterocycles. The van der Waals surface area contributed by atoms with Gasteiger partial charge < -0.3 is 9.73 Å². The van der Waals surface area contributed by atoms with Gasteiger partial charge in [-0.25, -0.2) is 4.39 Å². The summed E-state index contributed by atoms with van der Waals surface area (Å²) in [6.45, 7) is 0.280. The van der Waals surface area contributed by atoms with E-state index in [4.69, 9.17) is 4.42 Å². The topological polar surface area (TPSA) is 111 Å². The summed E-state index contributed by atoms with van der Waals surface area (Å²) in [5.74, 6) is -0.401. The van der Waals surface area contributed by atoms with Crippen LogP contribution in [-0.2, 0) is 11.3 Å². The molecule has 8 nitrogen and oxygen atoms in total. The number of nitrogens with one attached hydrogen (secondary N) is 1. The van der Waals surface area contributed by atoms with Gasteiger partial charge in [0.05, 0.1) is 10.7 Å². The van der Waals surface area contributed by atoms with Crippen LogP contribution in [0.2, 0.25) is 0 Å². The Morgan fingerprint density at radius 2 is 2.00 bits per heavy atom. The molecule has 3 rings (SSSR count). The highest BCUT2D eigenvalue weighted by atomic mass is 32.2. The predicted molar refractivity (Wildman–Crippen MR) is 95.4 cm³/mol. The van der Waals surface area contributed by atoms with Gasteiger partial charge in [-0.15, -0.1) is 10.2 Å². The Kier molecular flexibility index (Phi) is 5.77. The molecule has 1 N–H and O–H groups in total. The van der Waals surface area contributed by atoms with Gasteiger partial charge in [-0.3, -0.25) is 14.9 Å². The molecule has 0 radical (unpaired) electrons. The number of carbonyl (C=O) groups is 1. The summed E-state index contributed by atoms with van der Waals surface area (Å²) in [6, 6.07) is 11.7. The monoisotopic (exact) mass is 388 g/mol. The second-order valence-corrected chi connectivity index (χ2v) is 6.30. The molecule has 1 aromatic heterocycles. The molecule has 0 aliphatic carbocycles. The molecule has 0 saturated heterocycles. The fourth-order valence-corrected chi connectivity index (χ4v) is 2.71. The lowest BCUT2D eigenvalue weighted by Gasteiger charge is -2.04. The summed E-state index contributed by atoms with van der Waals surface area (Å²) in [7, 11) is 0. The van der Waals surface area contributed by atoms with Gasteiger partial charge in [-0.2, -0.15) is 0 Å². The van der Waals surface area contributed by atoms with Crippen molar-refractivity contribution in [2.45, 2.75) is 11.8 Å². The van der Waals surface area contributed by atoms with E-state index in [1.165, 1.54) is 30.3 Å². The molecular weight excluding hydrogens is 375 g/mol. The van der Waals surface area contributed by atoms with E-state index in [9.17, 15) is 19.3 Å².